The quantitative estimate of drug-likeness (QED) is 0.780. The molecule has 0 aliphatic heterocycles. The van der Waals surface area contributed by atoms with E-state index in [9.17, 15) is 9.59 Å². The number of nitrogens with one attached hydrogen (secondary N) is 1. The molecular formula is C18H23N3O4. The van der Waals surface area contributed by atoms with Gasteiger partial charge in [-0.15, -0.1) is 0 Å². The number of Topliss-reactive ketones (excluding diaryl/α,β-unsaturated/α-hetero) is 1. The second-order valence-electron chi connectivity index (χ2n) is 5.93. The van der Waals surface area contributed by atoms with Crippen LogP contribution in [-0.2, 0) is 4.79 Å². The van der Waals surface area contributed by atoms with Gasteiger partial charge in [-0.1, -0.05) is 0 Å². The predicted octanol–water partition coefficient (Wildman–Crippen LogP) is 3.08. The summed E-state index contributed by atoms with van der Waals surface area (Å²) in [5, 5.41) is 6.98. The summed E-state index contributed by atoms with van der Waals surface area (Å²) in [6.45, 7) is 7.07. The molecule has 0 fully saturated rings. The zero-order chi connectivity index (χ0) is 18.6. The normalized spacial score (nSPS) is 11.9. The van der Waals surface area contributed by atoms with Gasteiger partial charge in [-0.05, 0) is 45.9 Å². The van der Waals surface area contributed by atoms with Gasteiger partial charge in [-0.2, -0.15) is 5.10 Å². The minimum Gasteiger partial charge on any atom is -0.493 e. The first-order chi connectivity index (χ1) is 11.8. The lowest BCUT2D eigenvalue weighted by Gasteiger charge is -2.18. The van der Waals surface area contributed by atoms with Crippen LogP contribution in [0.15, 0.2) is 30.5 Å². The first kappa shape index (κ1) is 18.5. The number of ketones is 1. The molecular weight excluding hydrogens is 322 g/mol. The monoisotopic (exact) mass is 345 g/mol. The average molecular weight is 345 g/mol. The molecule has 0 saturated carbocycles. The topological polar surface area (TPSA) is 82.4 Å². The summed E-state index contributed by atoms with van der Waals surface area (Å²) < 4.78 is 12.7. The minimum atomic E-state index is -0.757. The Hall–Kier alpha value is -2.83. The van der Waals surface area contributed by atoms with Crippen molar-refractivity contribution < 1.29 is 19.1 Å². The fourth-order valence-electron chi connectivity index (χ4n) is 2.28. The third-order valence-electron chi connectivity index (χ3n) is 3.65. The van der Waals surface area contributed by atoms with Crippen LogP contribution < -0.4 is 14.8 Å². The van der Waals surface area contributed by atoms with Crippen LogP contribution in [0.4, 0.5) is 5.82 Å². The minimum absolute atomic E-state index is 0.0717. The maximum Gasteiger partial charge on any atom is 0.266 e. The van der Waals surface area contributed by atoms with Crippen molar-refractivity contribution in [1.82, 2.24) is 9.78 Å². The Morgan fingerprint density at radius 3 is 2.48 bits per heavy atom. The summed E-state index contributed by atoms with van der Waals surface area (Å²) >= 11 is 0. The SMILES string of the molecule is COc1cc(C(C)=O)ccc1OC(C)C(=O)Nc1ccnn1C(C)C. The molecule has 0 aliphatic rings. The third-order valence-corrected chi connectivity index (χ3v) is 3.65. The number of ether oxygens (including phenoxy) is 2. The van der Waals surface area contributed by atoms with Crippen LogP contribution >= 0.6 is 0 Å². The van der Waals surface area contributed by atoms with Crippen molar-refractivity contribution >= 4 is 17.5 Å². The standard InChI is InChI=1S/C18H23N3O4/c1-11(2)21-17(8-9-19-21)20-18(23)13(4)25-15-7-6-14(12(3)22)10-16(15)24-5/h6-11,13H,1-5H3,(H,20,23). The van der Waals surface area contributed by atoms with E-state index in [-0.39, 0.29) is 17.7 Å². The highest BCUT2D eigenvalue weighted by Gasteiger charge is 2.19. The van der Waals surface area contributed by atoms with E-state index in [2.05, 4.69) is 10.4 Å². The highest BCUT2D eigenvalue weighted by molar-refractivity contribution is 5.95. The van der Waals surface area contributed by atoms with Gasteiger partial charge in [0.25, 0.3) is 5.91 Å². The van der Waals surface area contributed by atoms with Crippen LogP contribution in [0.2, 0.25) is 0 Å². The van der Waals surface area contributed by atoms with Gasteiger partial charge >= 0.3 is 0 Å². The Morgan fingerprint density at radius 2 is 1.88 bits per heavy atom. The molecule has 0 bridgehead atoms. The maximum atomic E-state index is 12.4. The molecule has 2 rings (SSSR count). The lowest BCUT2D eigenvalue weighted by molar-refractivity contribution is -0.122. The fraction of sp³-hybridized carbons (Fsp3) is 0.389. The number of anilines is 1. The molecule has 1 aromatic heterocycles. The summed E-state index contributed by atoms with van der Waals surface area (Å²) in [7, 11) is 1.48. The molecule has 1 amide bonds. The first-order valence-electron chi connectivity index (χ1n) is 8.03. The number of hydrogen-bond acceptors (Lipinski definition) is 5. The molecule has 1 aromatic carbocycles. The van der Waals surface area contributed by atoms with E-state index >= 15 is 0 Å². The lowest BCUT2D eigenvalue weighted by atomic mass is 10.1. The van der Waals surface area contributed by atoms with Gasteiger partial charge in [0.2, 0.25) is 0 Å². The average Bonchev–Trinajstić information content (AvgIpc) is 3.03. The second-order valence-corrected chi connectivity index (χ2v) is 5.93. The van der Waals surface area contributed by atoms with Crippen molar-refractivity contribution in [3.8, 4) is 11.5 Å². The van der Waals surface area contributed by atoms with E-state index < -0.39 is 6.10 Å². The van der Waals surface area contributed by atoms with Crippen molar-refractivity contribution in [2.45, 2.75) is 39.8 Å². The van der Waals surface area contributed by atoms with Crippen LogP contribution in [0, 0.1) is 0 Å². The fourth-order valence-corrected chi connectivity index (χ4v) is 2.28. The smallest absolute Gasteiger partial charge is 0.266 e. The van der Waals surface area contributed by atoms with Gasteiger partial charge in [0.15, 0.2) is 23.4 Å². The molecule has 1 unspecified atom stereocenters. The number of amides is 1. The number of carbonyl (C=O) groups is 2. The number of carbonyl (C=O) groups excluding carboxylic acids is 2. The molecule has 25 heavy (non-hydrogen) atoms. The highest BCUT2D eigenvalue weighted by Crippen LogP contribution is 2.29. The number of hydrogen-bond donors (Lipinski definition) is 1. The maximum absolute atomic E-state index is 12.4. The second kappa shape index (κ2) is 7.83. The molecule has 0 saturated heterocycles. The van der Waals surface area contributed by atoms with Crippen LogP contribution in [0.25, 0.3) is 0 Å². The molecule has 1 N–H and O–H groups in total. The van der Waals surface area contributed by atoms with E-state index in [4.69, 9.17) is 9.47 Å². The van der Waals surface area contributed by atoms with Crippen molar-refractivity contribution in [2.75, 3.05) is 12.4 Å². The Balaban J connectivity index is 2.11. The Kier molecular flexibility index (Phi) is 5.80. The summed E-state index contributed by atoms with van der Waals surface area (Å²) in [6.07, 6.45) is 0.873. The van der Waals surface area contributed by atoms with E-state index in [0.717, 1.165) is 0 Å². The molecule has 134 valence electrons. The molecule has 1 heterocycles. The molecule has 0 aliphatic carbocycles. The van der Waals surface area contributed by atoms with Gasteiger partial charge < -0.3 is 14.8 Å². The van der Waals surface area contributed by atoms with Crippen LogP contribution in [-0.4, -0.2) is 34.7 Å². The third kappa shape index (κ3) is 4.37. The number of rotatable bonds is 7. The predicted molar refractivity (Wildman–Crippen MR) is 94.3 cm³/mol. The molecule has 0 radical (unpaired) electrons. The lowest BCUT2D eigenvalue weighted by Crippen LogP contribution is -2.31. The summed E-state index contributed by atoms with van der Waals surface area (Å²) in [4.78, 5) is 23.8. The van der Waals surface area contributed by atoms with Gasteiger partial charge in [0, 0.05) is 17.7 Å². The number of aromatic nitrogens is 2. The summed E-state index contributed by atoms with van der Waals surface area (Å²) in [6, 6.07) is 6.71. The number of benzene rings is 1. The molecule has 0 spiro atoms. The summed E-state index contributed by atoms with van der Waals surface area (Å²) in [5.74, 6) is 1.03. The molecule has 1 atom stereocenters. The summed E-state index contributed by atoms with van der Waals surface area (Å²) in [5.41, 5.74) is 0.516. The highest BCUT2D eigenvalue weighted by atomic mass is 16.5. The van der Waals surface area contributed by atoms with Gasteiger partial charge in [0.1, 0.15) is 5.82 Å². The zero-order valence-electron chi connectivity index (χ0n) is 15.1. The van der Waals surface area contributed by atoms with Crippen molar-refractivity contribution in [3.05, 3.63) is 36.0 Å². The van der Waals surface area contributed by atoms with E-state index in [1.165, 1.54) is 14.0 Å². The van der Waals surface area contributed by atoms with Crippen molar-refractivity contribution in [3.63, 3.8) is 0 Å². The van der Waals surface area contributed by atoms with E-state index in [1.807, 2.05) is 13.8 Å². The van der Waals surface area contributed by atoms with Gasteiger partial charge in [-0.25, -0.2) is 4.68 Å². The van der Waals surface area contributed by atoms with E-state index in [0.29, 0.717) is 22.9 Å². The van der Waals surface area contributed by atoms with Gasteiger partial charge in [-0.3, -0.25) is 9.59 Å². The first-order valence-corrected chi connectivity index (χ1v) is 8.03. The van der Waals surface area contributed by atoms with Crippen LogP contribution in [0.3, 0.4) is 0 Å². The van der Waals surface area contributed by atoms with Crippen molar-refractivity contribution in [2.24, 2.45) is 0 Å². The Morgan fingerprint density at radius 1 is 1.16 bits per heavy atom. The molecule has 7 nitrogen and oxygen atoms in total. The van der Waals surface area contributed by atoms with E-state index in [1.54, 1.807) is 42.1 Å². The van der Waals surface area contributed by atoms with Crippen molar-refractivity contribution in [1.29, 1.82) is 0 Å². The molecule has 7 heteroatoms. The molecule has 2 aromatic rings. The van der Waals surface area contributed by atoms with Gasteiger partial charge in [0.05, 0.1) is 13.3 Å². The van der Waals surface area contributed by atoms with Crippen LogP contribution in [0.1, 0.15) is 44.1 Å². The number of nitrogens with zero attached hydrogens (tertiary/aromatic N) is 2. The number of methoxy groups -OCH3 is 1. The largest absolute Gasteiger partial charge is 0.493 e. The zero-order valence-corrected chi connectivity index (χ0v) is 15.1. The Labute approximate surface area is 146 Å². The van der Waals surface area contributed by atoms with Crippen LogP contribution in [0.5, 0.6) is 11.5 Å². The Bertz CT molecular complexity index is 767.